The van der Waals surface area contributed by atoms with Gasteiger partial charge in [-0.3, -0.25) is 10.1 Å². The lowest BCUT2D eigenvalue weighted by atomic mass is 10.0. The molecule has 0 unspecified atom stereocenters. The quantitative estimate of drug-likeness (QED) is 0.505. The topological polar surface area (TPSA) is 95.2 Å². The Kier molecular flexibility index (Phi) is 6.11. The van der Waals surface area contributed by atoms with Crippen LogP contribution in [-0.2, 0) is 0 Å². The highest BCUT2D eigenvalue weighted by molar-refractivity contribution is 5.85. The van der Waals surface area contributed by atoms with E-state index >= 15 is 0 Å². The van der Waals surface area contributed by atoms with E-state index in [2.05, 4.69) is 0 Å². The van der Waals surface area contributed by atoms with E-state index in [4.69, 9.17) is 11.5 Å². The highest BCUT2D eigenvalue weighted by Crippen LogP contribution is 2.30. The van der Waals surface area contributed by atoms with Crippen LogP contribution in [0.3, 0.4) is 0 Å². The van der Waals surface area contributed by atoms with E-state index in [9.17, 15) is 10.1 Å². The summed E-state index contributed by atoms with van der Waals surface area (Å²) in [5, 5.41) is 10.7. The molecule has 5 nitrogen and oxygen atoms in total. The fourth-order valence-electron chi connectivity index (χ4n) is 1.61. The smallest absolute Gasteiger partial charge is 0.270 e. The summed E-state index contributed by atoms with van der Waals surface area (Å²) < 4.78 is 0. The maximum absolute atomic E-state index is 10.7. The second-order valence-corrected chi connectivity index (χ2v) is 3.65. The van der Waals surface area contributed by atoms with Crippen LogP contribution in [0.25, 0.3) is 11.1 Å². The van der Waals surface area contributed by atoms with Crippen LogP contribution < -0.4 is 11.5 Å². The van der Waals surface area contributed by atoms with Crippen LogP contribution in [0.15, 0.2) is 42.5 Å². The van der Waals surface area contributed by atoms with Crippen LogP contribution in [0, 0.1) is 10.1 Å². The first-order valence-corrected chi connectivity index (χ1v) is 4.98. The molecule has 0 heterocycles. The second-order valence-electron chi connectivity index (χ2n) is 3.65. The van der Waals surface area contributed by atoms with Gasteiger partial charge in [0, 0.05) is 29.1 Å². The van der Waals surface area contributed by atoms with Crippen LogP contribution in [0.5, 0.6) is 0 Å². The van der Waals surface area contributed by atoms with Crippen molar-refractivity contribution in [1.29, 1.82) is 0 Å². The average Bonchev–Trinajstić information content (AvgIpc) is 2.32. The predicted molar refractivity (Wildman–Crippen MR) is 81.9 cm³/mol. The highest BCUT2D eigenvalue weighted by Gasteiger charge is 2.09. The van der Waals surface area contributed by atoms with Crippen LogP contribution in [0.1, 0.15) is 0 Å². The number of nitro groups is 1. The summed E-state index contributed by atoms with van der Waals surface area (Å²) >= 11 is 0. The first kappa shape index (κ1) is 17.0. The molecule has 0 fully saturated rings. The maximum atomic E-state index is 10.7. The van der Waals surface area contributed by atoms with Crippen LogP contribution in [0.4, 0.5) is 17.1 Å². The Balaban J connectivity index is 0.00000162. The number of hydrogen-bond acceptors (Lipinski definition) is 4. The van der Waals surface area contributed by atoms with Gasteiger partial charge in [0.15, 0.2) is 0 Å². The van der Waals surface area contributed by atoms with Crippen molar-refractivity contribution in [3.8, 4) is 11.1 Å². The molecule has 0 saturated carbocycles. The Labute approximate surface area is 122 Å². The normalized spacial score (nSPS) is 9.05. The maximum Gasteiger partial charge on any atom is 0.270 e. The number of non-ortho nitro benzene ring substituents is 1. The lowest BCUT2D eigenvalue weighted by molar-refractivity contribution is -0.384. The van der Waals surface area contributed by atoms with E-state index in [-0.39, 0.29) is 30.5 Å². The van der Waals surface area contributed by atoms with Crippen molar-refractivity contribution in [2.45, 2.75) is 0 Å². The Hall–Kier alpha value is -1.98. The second kappa shape index (κ2) is 6.82. The number of benzene rings is 2. The summed E-state index contributed by atoms with van der Waals surface area (Å²) in [6.07, 6.45) is 0. The van der Waals surface area contributed by atoms with Crippen molar-refractivity contribution < 1.29 is 4.92 Å². The zero-order valence-electron chi connectivity index (χ0n) is 9.78. The van der Waals surface area contributed by atoms with E-state index in [0.717, 1.165) is 0 Å². The van der Waals surface area contributed by atoms with Crippen LogP contribution in [0.2, 0.25) is 0 Å². The van der Waals surface area contributed by atoms with Crippen molar-refractivity contribution in [3.05, 3.63) is 52.6 Å². The molecule has 0 aliphatic heterocycles. The standard InChI is InChI=1S/C12H11N3O2.2ClH/c13-9-4-5-12(14)11(7-9)8-2-1-3-10(6-8)15(16)17;;/h1-7H,13-14H2;2*1H. The van der Waals surface area contributed by atoms with Crippen molar-refractivity contribution in [2.24, 2.45) is 0 Å². The Bertz CT molecular complexity index is 591. The molecule has 0 saturated heterocycles. The number of rotatable bonds is 2. The van der Waals surface area contributed by atoms with Gasteiger partial charge in [0.2, 0.25) is 0 Å². The molecule has 7 heteroatoms. The van der Waals surface area contributed by atoms with E-state index in [0.29, 0.717) is 22.5 Å². The Morgan fingerprint density at radius 2 is 1.68 bits per heavy atom. The molecule has 0 aliphatic rings. The Morgan fingerprint density at radius 1 is 1.00 bits per heavy atom. The SMILES string of the molecule is Cl.Cl.Nc1ccc(N)c(-c2cccc([N+](=O)[O-])c2)c1. The summed E-state index contributed by atoms with van der Waals surface area (Å²) in [5.41, 5.74) is 14.0. The summed E-state index contributed by atoms with van der Waals surface area (Å²) in [6.45, 7) is 0. The number of nitrogens with two attached hydrogens (primary N) is 2. The number of halogens is 2. The molecule has 0 aromatic heterocycles. The number of nitro benzene ring substituents is 1. The highest BCUT2D eigenvalue weighted by atomic mass is 35.5. The van der Waals surface area contributed by atoms with Gasteiger partial charge in [0.1, 0.15) is 0 Å². The number of anilines is 2. The minimum absolute atomic E-state index is 0. The molecule has 0 bridgehead atoms. The van der Waals surface area contributed by atoms with Gasteiger partial charge in [-0.15, -0.1) is 24.8 Å². The van der Waals surface area contributed by atoms with E-state index in [1.54, 1.807) is 30.3 Å². The summed E-state index contributed by atoms with van der Waals surface area (Å²) in [4.78, 5) is 10.2. The summed E-state index contributed by atoms with van der Waals surface area (Å²) in [6, 6.07) is 11.4. The molecule has 2 aromatic rings. The fraction of sp³-hybridized carbons (Fsp3) is 0. The monoisotopic (exact) mass is 301 g/mol. The number of nitrogen functional groups attached to an aromatic ring is 2. The molecule has 0 aliphatic carbocycles. The molecular formula is C12H13Cl2N3O2. The minimum Gasteiger partial charge on any atom is -0.399 e. The number of hydrogen-bond donors (Lipinski definition) is 2. The minimum atomic E-state index is -0.439. The van der Waals surface area contributed by atoms with Crippen molar-refractivity contribution in [2.75, 3.05) is 11.5 Å². The molecule has 0 spiro atoms. The molecule has 19 heavy (non-hydrogen) atoms. The predicted octanol–water partition coefficient (Wildman–Crippen LogP) is 3.27. The zero-order valence-corrected chi connectivity index (χ0v) is 11.4. The van der Waals surface area contributed by atoms with Gasteiger partial charge in [0.05, 0.1) is 4.92 Å². The van der Waals surface area contributed by atoms with E-state index in [1.807, 2.05) is 0 Å². The molecule has 0 atom stereocenters. The molecule has 0 radical (unpaired) electrons. The summed E-state index contributed by atoms with van der Waals surface area (Å²) in [7, 11) is 0. The van der Waals surface area contributed by atoms with Crippen molar-refractivity contribution in [1.82, 2.24) is 0 Å². The largest absolute Gasteiger partial charge is 0.399 e. The first-order chi connectivity index (χ1) is 8.08. The third-order valence-corrected chi connectivity index (χ3v) is 2.45. The van der Waals surface area contributed by atoms with Crippen molar-refractivity contribution in [3.63, 3.8) is 0 Å². The zero-order chi connectivity index (χ0) is 12.4. The van der Waals surface area contributed by atoms with Gasteiger partial charge in [-0.2, -0.15) is 0 Å². The number of nitrogens with zero attached hydrogens (tertiary/aromatic N) is 1. The van der Waals surface area contributed by atoms with Gasteiger partial charge in [0.25, 0.3) is 5.69 Å². The molecule has 2 rings (SSSR count). The molecule has 4 N–H and O–H groups in total. The van der Waals surface area contributed by atoms with E-state index in [1.165, 1.54) is 12.1 Å². The fourth-order valence-corrected chi connectivity index (χ4v) is 1.61. The van der Waals surface area contributed by atoms with Crippen LogP contribution in [-0.4, -0.2) is 4.92 Å². The lowest BCUT2D eigenvalue weighted by Crippen LogP contribution is -1.94. The first-order valence-electron chi connectivity index (χ1n) is 4.98. The van der Waals surface area contributed by atoms with Gasteiger partial charge >= 0.3 is 0 Å². The van der Waals surface area contributed by atoms with Crippen LogP contribution >= 0.6 is 24.8 Å². The van der Waals surface area contributed by atoms with Gasteiger partial charge in [-0.25, -0.2) is 0 Å². The third kappa shape index (κ3) is 3.74. The summed E-state index contributed by atoms with van der Waals surface area (Å²) in [5.74, 6) is 0. The van der Waals surface area contributed by atoms with Gasteiger partial charge in [-0.1, -0.05) is 12.1 Å². The Morgan fingerprint density at radius 3 is 2.32 bits per heavy atom. The average molecular weight is 302 g/mol. The third-order valence-electron chi connectivity index (χ3n) is 2.45. The van der Waals surface area contributed by atoms with E-state index < -0.39 is 4.92 Å². The van der Waals surface area contributed by atoms with Gasteiger partial charge < -0.3 is 11.5 Å². The van der Waals surface area contributed by atoms with Gasteiger partial charge in [-0.05, 0) is 23.8 Å². The molecule has 2 aromatic carbocycles. The lowest BCUT2D eigenvalue weighted by Gasteiger charge is -2.06. The molecule has 102 valence electrons. The molecule has 0 amide bonds. The molecular weight excluding hydrogens is 289 g/mol. The van der Waals surface area contributed by atoms with Crippen molar-refractivity contribution >= 4 is 41.9 Å².